The summed E-state index contributed by atoms with van der Waals surface area (Å²) in [6, 6.07) is 8.29. The summed E-state index contributed by atoms with van der Waals surface area (Å²) in [6.07, 6.45) is 2.68. The lowest BCUT2D eigenvalue weighted by Gasteiger charge is -2.39. The molecule has 0 radical (unpaired) electrons. The van der Waals surface area contributed by atoms with E-state index < -0.39 is 0 Å². The number of benzene rings is 1. The molecule has 0 amide bonds. The van der Waals surface area contributed by atoms with Crippen LogP contribution in [0.4, 0.5) is 0 Å². The molecule has 3 heteroatoms. The van der Waals surface area contributed by atoms with Gasteiger partial charge in [-0.2, -0.15) is 0 Å². The van der Waals surface area contributed by atoms with E-state index in [1.807, 2.05) is 18.2 Å². The number of fused-ring (bicyclic) bond motifs is 6. The van der Waals surface area contributed by atoms with Gasteiger partial charge in [0.05, 0.1) is 11.7 Å². The average molecular weight is 292 g/mol. The van der Waals surface area contributed by atoms with Crippen LogP contribution in [0.15, 0.2) is 48.1 Å². The quantitative estimate of drug-likeness (QED) is 0.748. The molecule has 1 fully saturated rings. The Morgan fingerprint density at radius 1 is 1.36 bits per heavy atom. The van der Waals surface area contributed by atoms with Crippen LogP contribution < -0.4 is 0 Å². The van der Waals surface area contributed by atoms with E-state index in [0.29, 0.717) is 6.42 Å². The average Bonchev–Trinajstić information content (AvgIpc) is 2.86. The lowest BCUT2D eigenvalue weighted by Crippen LogP contribution is -2.36. The maximum absolute atomic E-state index is 12.8. The molecule has 0 saturated carbocycles. The molecule has 1 saturated heterocycles. The number of nitrogens with zero attached hydrogens (tertiary/aromatic N) is 1. The molecular formula is C19H20N2O. The zero-order valence-electron chi connectivity index (χ0n) is 13.0. The van der Waals surface area contributed by atoms with Crippen LogP contribution in [-0.4, -0.2) is 29.3 Å². The largest absolute Gasteiger partial charge is 0.352 e. The second kappa shape index (κ2) is 4.68. The van der Waals surface area contributed by atoms with Crippen molar-refractivity contribution in [3.05, 3.63) is 59.3 Å². The first-order chi connectivity index (χ1) is 10.6. The molecule has 2 heterocycles. The highest BCUT2D eigenvalue weighted by Crippen LogP contribution is 2.47. The molecule has 2 bridgehead atoms. The summed E-state index contributed by atoms with van der Waals surface area (Å²) < 4.78 is 0. The third kappa shape index (κ3) is 1.69. The van der Waals surface area contributed by atoms with Gasteiger partial charge in [-0.05, 0) is 25.6 Å². The van der Waals surface area contributed by atoms with Crippen molar-refractivity contribution in [2.45, 2.75) is 19.4 Å². The van der Waals surface area contributed by atoms with E-state index in [9.17, 15) is 4.79 Å². The molecule has 112 valence electrons. The molecule has 22 heavy (non-hydrogen) atoms. The minimum atomic E-state index is 0.117. The Morgan fingerprint density at radius 3 is 2.91 bits per heavy atom. The first kappa shape index (κ1) is 13.5. The third-order valence-electron chi connectivity index (χ3n) is 5.18. The number of ketones is 1. The molecule has 1 aromatic carbocycles. The highest BCUT2D eigenvalue weighted by atomic mass is 16.1. The van der Waals surface area contributed by atoms with Crippen molar-refractivity contribution < 1.29 is 4.79 Å². The minimum Gasteiger partial charge on any atom is -0.352 e. The van der Waals surface area contributed by atoms with Crippen molar-refractivity contribution in [3.8, 4) is 0 Å². The molecule has 4 rings (SSSR count). The van der Waals surface area contributed by atoms with Crippen LogP contribution in [-0.2, 0) is 0 Å². The van der Waals surface area contributed by atoms with Crippen molar-refractivity contribution in [2.75, 3.05) is 13.6 Å². The fourth-order valence-corrected chi connectivity index (χ4v) is 4.12. The number of nitrogens with one attached hydrogen (secondary N) is 1. The van der Waals surface area contributed by atoms with E-state index in [1.54, 1.807) is 0 Å². The summed E-state index contributed by atoms with van der Waals surface area (Å²) in [4.78, 5) is 18.5. The summed E-state index contributed by atoms with van der Waals surface area (Å²) in [5, 5.41) is 1.15. The van der Waals surface area contributed by atoms with Gasteiger partial charge in [0.25, 0.3) is 0 Å². The van der Waals surface area contributed by atoms with Crippen LogP contribution in [0.1, 0.15) is 35.4 Å². The van der Waals surface area contributed by atoms with Gasteiger partial charge >= 0.3 is 0 Å². The van der Waals surface area contributed by atoms with Gasteiger partial charge in [-0.15, -0.1) is 0 Å². The molecule has 1 aromatic heterocycles. The number of aromatic nitrogens is 1. The molecule has 2 aromatic rings. The van der Waals surface area contributed by atoms with Crippen molar-refractivity contribution >= 4 is 16.7 Å². The fourth-order valence-electron chi connectivity index (χ4n) is 4.12. The summed E-state index contributed by atoms with van der Waals surface area (Å²) in [5.41, 5.74) is 5.40. The van der Waals surface area contributed by atoms with Crippen LogP contribution in [0.2, 0.25) is 0 Å². The standard InChI is InChI=1S/C19H20N2O/c1-4-12-10-21(3)19-11(2)14(12)9-16(22)18-17(19)13-7-5-6-8-15(13)20-18/h4-8,14,19-20H,2,9-10H2,1,3H3. The van der Waals surface area contributed by atoms with Crippen LogP contribution >= 0.6 is 0 Å². The summed E-state index contributed by atoms with van der Waals surface area (Å²) in [7, 11) is 2.12. The van der Waals surface area contributed by atoms with E-state index in [4.69, 9.17) is 0 Å². The molecule has 3 nitrogen and oxygen atoms in total. The zero-order valence-corrected chi connectivity index (χ0v) is 13.0. The van der Waals surface area contributed by atoms with E-state index >= 15 is 0 Å². The summed E-state index contributed by atoms with van der Waals surface area (Å²) in [6.45, 7) is 7.33. The molecule has 0 spiro atoms. The highest BCUT2D eigenvalue weighted by Gasteiger charge is 2.41. The van der Waals surface area contributed by atoms with Gasteiger partial charge in [-0.1, -0.05) is 36.4 Å². The van der Waals surface area contributed by atoms with Crippen LogP contribution in [0.3, 0.4) is 0 Å². The monoisotopic (exact) mass is 292 g/mol. The number of rotatable bonds is 0. The van der Waals surface area contributed by atoms with Crippen LogP contribution in [0, 0.1) is 5.92 Å². The van der Waals surface area contributed by atoms with Gasteiger partial charge in [0.2, 0.25) is 0 Å². The zero-order chi connectivity index (χ0) is 15.4. The van der Waals surface area contributed by atoms with Crippen molar-refractivity contribution in [1.29, 1.82) is 0 Å². The number of hydrogen-bond donors (Lipinski definition) is 1. The maximum atomic E-state index is 12.8. The number of allylic oxidation sites excluding steroid dienone is 1. The predicted octanol–water partition coefficient (Wildman–Crippen LogP) is 3.86. The minimum absolute atomic E-state index is 0.117. The first-order valence-electron chi connectivity index (χ1n) is 7.79. The molecule has 2 unspecified atom stereocenters. The van der Waals surface area contributed by atoms with Crippen molar-refractivity contribution in [1.82, 2.24) is 9.88 Å². The number of aromatic amines is 1. The number of likely N-dealkylation sites (tertiary alicyclic amines) is 1. The predicted molar refractivity (Wildman–Crippen MR) is 89.0 cm³/mol. The van der Waals surface area contributed by atoms with Gasteiger partial charge in [-0.25, -0.2) is 0 Å². The summed E-state index contributed by atoms with van der Waals surface area (Å²) >= 11 is 0. The maximum Gasteiger partial charge on any atom is 0.180 e. The van der Waals surface area contributed by atoms with Crippen LogP contribution in [0.5, 0.6) is 0 Å². The number of H-pyrrole nitrogens is 1. The first-order valence-corrected chi connectivity index (χ1v) is 7.79. The van der Waals surface area contributed by atoms with Gasteiger partial charge in [0.15, 0.2) is 5.78 Å². The highest BCUT2D eigenvalue weighted by molar-refractivity contribution is 6.04. The molecular weight excluding hydrogens is 272 g/mol. The SMILES string of the molecule is C=C1C2CC(=O)c3[nH]c4ccccc4c3C1N(C)CC2=CC. The van der Waals surface area contributed by atoms with E-state index in [-0.39, 0.29) is 17.7 Å². The van der Waals surface area contributed by atoms with Gasteiger partial charge in [-0.3, -0.25) is 9.69 Å². The Hall–Kier alpha value is -2.13. The van der Waals surface area contributed by atoms with E-state index in [2.05, 4.69) is 42.6 Å². The molecule has 2 atom stereocenters. The summed E-state index contributed by atoms with van der Waals surface area (Å²) in [5.74, 6) is 0.382. The number of carbonyl (C=O) groups excluding carboxylic acids is 1. The molecule has 2 aliphatic rings. The number of para-hydroxylation sites is 1. The topological polar surface area (TPSA) is 36.1 Å². The Labute approximate surface area is 130 Å². The van der Waals surface area contributed by atoms with Crippen molar-refractivity contribution in [3.63, 3.8) is 0 Å². The number of piperidine rings is 1. The Balaban J connectivity index is 2.01. The van der Waals surface area contributed by atoms with Crippen molar-refractivity contribution in [2.24, 2.45) is 5.92 Å². The Kier molecular flexibility index (Phi) is 2.88. The van der Waals surface area contributed by atoms with Gasteiger partial charge in [0, 0.05) is 35.3 Å². The molecule has 1 N–H and O–H groups in total. The Bertz CT molecular complexity index is 827. The number of hydrogen-bond acceptors (Lipinski definition) is 2. The third-order valence-corrected chi connectivity index (χ3v) is 5.18. The normalized spacial score (nSPS) is 27.3. The smallest absolute Gasteiger partial charge is 0.180 e. The second-order valence-corrected chi connectivity index (χ2v) is 6.40. The lowest BCUT2D eigenvalue weighted by molar-refractivity contribution is 0.0968. The fraction of sp³-hybridized carbons (Fsp3) is 0.316. The number of likely N-dealkylation sites (N-methyl/N-ethyl adjacent to an activating group) is 1. The number of carbonyl (C=O) groups is 1. The number of Topliss-reactive ketones (excluding diaryl/α,β-unsaturated/α-hetero) is 1. The van der Waals surface area contributed by atoms with E-state index in [1.165, 1.54) is 5.57 Å². The molecule has 1 aliphatic heterocycles. The van der Waals surface area contributed by atoms with E-state index in [0.717, 1.165) is 34.3 Å². The lowest BCUT2D eigenvalue weighted by atomic mass is 9.80. The van der Waals surface area contributed by atoms with Crippen LogP contribution in [0.25, 0.3) is 10.9 Å². The Morgan fingerprint density at radius 2 is 2.14 bits per heavy atom. The van der Waals surface area contributed by atoms with Gasteiger partial charge in [0.1, 0.15) is 0 Å². The second-order valence-electron chi connectivity index (χ2n) is 6.40. The molecule has 1 aliphatic carbocycles. The van der Waals surface area contributed by atoms with Gasteiger partial charge < -0.3 is 4.98 Å².